The van der Waals surface area contributed by atoms with Gasteiger partial charge < -0.3 is 13.3 Å². The van der Waals surface area contributed by atoms with E-state index in [4.69, 9.17) is 0 Å². The number of benzene rings is 2. The Labute approximate surface area is 206 Å². The van der Waals surface area contributed by atoms with Gasteiger partial charge in [-0.2, -0.15) is 54.8 Å². The fourth-order valence-corrected chi connectivity index (χ4v) is 2.73. The van der Waals surface area contributed by atoms with Gasteiger partial charge in [0.2, 0.25) is 0 Å². The maximum Gasteiger partial charge on any atom is 4.00 e. The quantitative estimate of drug-likeness (QED) is 0.204. The van der Waals surface area contributed by atoms with Gasteiger partial charge in [-0.05, 0) is 16.8 Å². The summed E-state index contributed by atoms with van der Waals surface area (Å²) in [5.41, 5.74) is 0. The second-order valence-corrected chi connectivity index (χ2v) is 8.27. The fourth-order valence-electron chi connectivity index (χ4n) is 2.53. The third-order valence-electron chi connectivity index (χ3n) is 4.31. The average molecular weight is 492 g/mol. The molecule has 0 aliphatic heterocycles. The second-order valence-electron chi connectivity index (χ2n) is 7.07. The van der Waals surface area contributed by atoms with Crippen molar-refractivity contribution >= 4 is 36.6 Å². The number of hydrogen-bond acceptors (Lipinski definition) is 0. The monoisotopic (exact) mass is 490 g/mol. The van der Waals surface area contributed by atoms with Crippen LogP contribution >= 0.6 is 0 Å². The van der Waals surface area contributed by atoms with Crippen LogP contribution in [-0.4, -0.2) is 15.0 Å². The molecule has 156 valence electrons. The van der Waals surface area contributed by atoms with Crippen LogP contribution in [0.3, 0.4) is 0 Å². The molecule has 0 aromatic heterocycles. The second kappa shape index (κ2) is 18.4. The molecule has 0 spiro atoms. The van der Waals surface area contributed by atoms with Crippen molar-refractivity contribution in [2.24, 2.45) is 0 Å². The third-order valence-corrected chi connectivity index (χ3v) is 4.66. The van der Waals surface area contributed by atoms with Gasteiger partial charge in [0.1, 0.15) is 0 Å². The van der Waals surface area contributed by atoms with Gasteiger partial charge in [-0.1, -0.05) is 31.9 Å². The van der Waals surface area contributed by atoms with E-state index in [9.17, 15) is 0 Å². The van der Waals surface area contributed by atoms with Crippen LogP contribution in [0.25, 0.3) is 21.5 Å². The first-order valence-electron chi connectivity index (χ1n) is 10.5. The zero-order valence-electron chi connectivity index (χ0n) is 18.9. The maximum absolute atomic E-state index is 3.60. The van der Waals surface area contributed by atoms with Gasteiger partial charge in [0.05, 0.1) is 0 Å². The SMILES string of the molecule is C[CH-]CCC(C)=[SiH2].[CH2-]CCC.[Zr+4].c1ccc2[cH-]ccc2c1.c1ccc2[cH-]ccc2c1. The van der Waals surface area contributed by atoms with E-state index in [1.807, 2.05) is 9.85 Å². The Bertz CT molecular complexity index is 788. The van der Waals surface area contributed by atoms with Gasteiger partial charge in [0.25, 0.3) is 0 Å². The number of unbranched alkanes of at least 4 members (excludes halogenated alkanes) is 2. The molecule has 0 heterocycles. The molecule has 2 heteroatoms. The van der Waals surface area contributed by atoms with Crippen LogP contribution in [0.1, 0.15) is 46.5 Å². The van der Waals surface area contributed by atoms with Crippen LogP contribution in [0.15, 0.2) is 84.9 Å². The molecule has 4 rings (SSSR count). The fraction of sp³-hybridized carbons (Fsp3) is 0.250. The average Bonchev–Trinajstić information content (AvgIpc) is 3.42. The topological polar surface area (TPSA) is 0 Å². The minimum Gasteiger partial charge on any atom is -0.343 e. The molecule has 0 nitrogen and oxygen atoms in total. The Kier molecular flexibility index (Phi) is 17.6. The molecule has 0 amide bonds. The Morgan fingerprint density at radius 3 is 1.63 bits per heavy atom. The first kappa shape index (κ1) is 28.6. The standard InChI is InChI=1S/2C9H7.C6H13Si.C4H9.Zr/c2*1-2-5-9-7-3-6-8(9)4-1;1-3-4-5-6(2)7;1-3-4-2;/h2*1-7H;3H,4-5,7H2,1-2H3;1,3-4H2,2H3;/q4*-1;+4. The summed E-state index contributed by atoms with van der Waals surface area (Å²) in [5, 5.41) is 6.88. The van der Waals surface area contributed by atoms with Gasteiger partial charge in [-0.15, -0.1) is 64.5 Å². The number of rotatable bonds is 4. The largest absolute Gasteiger partial charge is 4.00 e. The number of fused-ring (bicyclic) bond motifs is 2. The first-order valence-corrected chi connectivity index (χ1v) is 11.2. The van der Waals surface area contributed by atoms with Crippen LogP contribution in [0.4, 0.5) is 0 Å². The molecule has 0 N–H and O–H groups in total. The summed E-state index contributed by atoms with van der Waals surface area (Å²) in [6.07, 6.45) is 7.00. The smallest absolute Gasteiger partial charge is 0.343 e. The molecule has 0 unspecified atom stereocenters. The molecule has 0 aliphatic carbocycles. The van der Waals surface area contributed by atoms with Crippen molar-refractivity contribution in [2.45, 2.75) is 46.5 Å². The van der Waals surface area contributed by atoms with E-state index in [0.29, 0.717) is 0 Å². The zero-order valence-corrected chi connectivity index (χ0v) is 22.8. The summed E-state index contributed by atoms with van der Waals surface area (Å²) in [5.74, 6) is 0. The summed E-state index contributed by atoms with van der Waals surface area (Å²) >= 11 is 0. The minimum atomic E-state index is 0. The van der Waals surface area contributed by atoms with Crippen LogP contribution < -0.4 is 0 Å². The molecule has 0 aliphatic rings. The van der Waals surface area contributed by atoms with Crippen molar-refractivity contribution in [3.05, 3.63) is 98.3 Å². The molecule has 30 heavy (non-hydrogen) atoms. The van der Waals surface area contributed by atoms with Crippen LogP contribution in [0.2, 0.25) is 0 Å². The van der Waals surface area contributed by atoms with Crippen molar-refractivity contribution < 1.29 is 26.2 Å². The van der Waals surface area contributed by atoms with Crippen LogP contribution in [0, 0.1) is 13.3 Å². The minimum absolute atomic E-state index is 0. The Morgan fingerprint density at radius 1 is 0.900 bits per heavy atom. The Balaban J connectivity index is 0.000000385. The van der Waals surface area contributed by atoms with Crippen molar-refractivity contribution in [1.82, 2.24) is 0 Å². The normalized spacial score (nSPS) is 9.20. The third kappa shape index (κ3) is 12.4. The van der Waals surface area contributed by atoms with Crippen molar-refractivity contribution in [2.75, 3.05) is 0 Å². The molecule has 4 aromatic rings. The Hall–Kier alpha value is -1.37. The molecular formula is C28H36SiZr. The Morgan fingerprint density at radius 2 is 1.33 bits per heavy atom. The van der Waals surface area contributed by atoms with E-state index < -0.39 is 0 Å². The van der Waals surface area contributed by atoms with E-state index in [1.165, 1.54) is 40.8 Å². The molecule has 0 radical (unpaired) electrons. The van der Waals surface area contributed by atoms with Crippen molar-refractivity contribution in [3.63, 3.8) is 0 Å². The molecule has 0 fully saturated rings. The summed E-state index contributed by atoms with van der Waals surface area (Å²) in [4.78, 5) is 0. The molecule has 0 bridgehead atoms. The molecule has 0 saturated carbocycles. The van der Waals surface area contributed by atoms with Crippen molar-refractivity contribution in [3.8, 4) is 0 Å². The van der Waals surface area contributed by atoms with Gasteiger partial charge in [-0.3, -0.25) is 0 Å². The van der Waals surface area contributed by atoms with E-state index in [2.05, 4.69) is 119 Å². The van der Waals surface area contributed by atoms with Gasteiger partial charge in [0.15, 0.2) is 0 Å². The van der Waals surface area contributed by atoms with Crippen molar-refractivity contribution in [1.29, 1.82) is 0 Å². The van der Waals surface area contributed by atoms with Gasteiger partial charge >= 0.3 is 26.2 Å². The van der Waals surface area contributed by atoms with E-state index in [-0.39, 0.29) is 26.2 Å². The molecule has 0 saturated heterocycles. The van der Waals surface area contributed by atoms with Gasteiger partial charge in [-0.25, -0.2) is 0 Å². The first-order chi connectivity index (χ1) is 14.1. The van der Waals surface area contributed by atoms with E-state index in [0.717, 1.165) is 6.42 Å². The molecule has 0 atom stereocenters. The number of hydrogen-bond donors (Lipinski definition) is 0. The van der Waals surface area contributed by atoms with Crippen LogP contribution in [0.5, 0.6) is 0 Å². The van der Waals surface area contributed by atoms with E-state index in [1.54, 1.807) is 5.17 Å². The zero-order chi connectivity index (χ0) is 21.3. The van der Waals surface area contributed by atoms with Gasteiger partial charge in [0, 0.05) is 0 Å². The summed E-state index contributed by atoms with van der Waals surface area (Å²) < 4.78 is 0. The molecule has 4 aromatic carbocycles. The predicted octanol–water partition coefficient (Wildman–Crippen LogP) is 7.55. The predicted molar refractivity (Wildman–Crippen MR) is 138 cm³/mol. The summed E-state index contributed by atoms with van der Waals surface area (Å²) in [6.45, 7) is 10.0. The molecular weight excluding hydrogens is 456 g/mol. The summed E-state index contributed by atoms with van der Waals surface area (Å²) in [6, 6.07) is 29.3. The van der Waals surface area contributed by atoms with Crippen LogP contribution in [-0.2, 0) is 26.2 Å². The van der Waals surface area contributed by atoms with E-state index >= 15 is 0 Å². The maximum atomic E-state index is 3.60. The summed E-state index contributed by atoms with van der Waals surface area (Å²) in [7, 11) is 1.99.